The van der Waals surface area contributed by atoms with Gasteiger partial charge >= 0.3 is 0 Å². The minimum Gasteiger partial charge on any atom is -0.368 e. The van der Waals surface area contributed by atoms with Crippen molar-refractivity contribution in [1.82, 2.24) is 15.4 Å². The van der Waals surface area contributed by atoms with E-state index in [0.29, 0.717) is 17.0 Å². The molecule has 1 heterocycles. The number of aromatic nitrogens is 2. The number of aryl methyl sites for hydroxylation is 2. The van der Waals surface area contributed by atoms with Gasteiger partial charge in [-0.15, -0.1) is 0 Å². The van der Waals surface area contributed by atoms with Crippen molar-refractivity contribution in [3.63, 3.8) is 0 Å². The third-order valence-electron chi connectivity index (χ3n) is 2.76. The average Bonchev–Trinajstić information content (AvgIpc) is 2.37. The lowest BCUT2D eigenvalue weighted by molar-refractivity contribution is 0.0953. The van der Waals surface area contributed by atoms with Crippen molar-refractivity contribution in [2.45, 2.75) is 13.8 Å². The van der Waals surface area contributed by atoms with E-state index >= 15 is 0 Å². The maximum absolute atomic E-state index is 11.9. The summed E-state index contributed by atoms with van der Waals surface area (Å²) < 4.78 is 0. The number of hydrogen-bond donors (Lipinski definition) is 3. The Labute approximate surface area is 110 Å². The Balaban J connectivity index is 2.71. The van der Waals surface area contributed by atoms with Crippen molar-refractivity contribution in [1.29, 1.82) is 0 Å². The van der Waals surface area contributed by atoms with Crippen molar-refractivity contribution in [3.05, 3.63) is 41.1 Å². The first-order chi connectivity index (χ1) is 9.02. The fourth-order valence-electron chi connectivity index (χ4n) is 1.94. The van der Waals surface area contributed by atoms with Crippen LogP contribution in [-0.4, -0.2) is 15.9 Å². The van der Waals surface area contributed by atoms with Crippen LogP contribution in [0.3, 0.4) is 0 Å². The van der Waals surface area contributed by atoms with Crippen LogP contribution < -0.4 is 17.0 Å². The van der Waals surface area contributed by atoms with Crippen molar-refractivity contribution >= 4 is 11.9 Å². The summed E-state index contributed by atoms with van der Waals surface area (Å²) in [5.41, 5.74) is 10.9. The predicted molar refractivity (Wildman–Crippen MR) is 73.0 cm³/mol. The second-order valence-corrected chi connectivity index (χ2v) is 4.23. The van der Waals surface area contributed by atoms with Crippen LogP contribution in [0.15, 0.2) is 24.3 Å². The fraction of sp³-hybridized carbons (Fsp3) is 0.154. The molecule has 6 nitrogen and oxygen atoms in total. The highest BCUT2D eigenvalue weighted by Gasteiger charge is 2.18. The van der Waals surface area contributed by atoms with Gasteiger partial charge in [0.1, 0.15) is 0 Å². The third kappa shape index (κ3) is 2.53. The number of nitrogens with one attached hydrogen (secondary N) is 1. The van der Waals surface area contributed by atoms with Gasteiger partial charge in [-0.25, -0.2) is 15.8 Å². The molecule has 0 bridgehead atoms. The SMILES string of the molecule is Cc1cccc(-c2nc(N)nc(C)c2C(=O)NN)c1. The number of nitrogens with zero attached hydrogens (tertiary/aromatic N) is 2. The molecule has 5 N–H and O–H groups in total. The topological polar surface area (TPSA) is 107 Å². The number of carbonyl (C=O) groups is 1. The molecule has 19 heavy (non-hydrogen) atoms. The number of carbonyl (C=O) groups excluding carboxylic acids is 1. The normalized spacial score (nSPS) is 10.3. The molecule has 0 radical (unpaired) electrons. The Morgan fingerprint density at radius 3 is 2.63 bits per heavy atom. The number of hydrogen-bond acceptors (Lipinski definition) is 5. The molecular formula is C13H15N5O. The standard InChI is InChI=1S/C13H15N5O/c1-7-4-3-5-9(6-7)11-10(12(19)18-15)8(2)16-13(14)17-11/h3-6H,15H2,1-2H3,(H,18,19)(H2,14,16,17). The van der Waals surface area contributed by atoms with Gasteiger partial charge in [-0.2, -0.15) is 0 Å². The number of hydrazine groups is 1. The van der Waals surface area contributed by atoms with Gasteiger partial charge < -0.3 is 5.73 Å². The number of anilines is 1. The van der Waals surface area contributed by atoms with Crippen LogP contribution in [-0.2, 0) is 0 Å². The van der Waals surface area contributed by atoms with Gasteiger partial charge in [0, 0.05) is 5.56 Å². The number of rotatable bonds is 2. The molecule has 0 fully saturated rings. The molecule has 1 aromatic heterocycles. The molecule has 1 aromatic carbocycles. The third-order valence-corrected chi connectivity index (χ3v) is 2.76. The molecule has 0 aliphatic rings. The molecule has 2 rings (SSSR count). The second kappa shape index (κ2) is 5.03. The van der Waals surface area contributed by atoms with Crippen LogP contribution in [0.4, 0.5) is 5.95 Å². The Morgan fingerprint density at radius 1 is 1.26 bits per heavy atom. The molecule has 0 saturated heterocycles. The van der Waals surface area contributed by atoms with E-state index < -0.39 is 5.91 Å². The average molecular weight is 257 g/mol. The summed E-state index contributed by atoms with van der Waals surface area (Å²) >= 11 is 0. The van der Waals surface area contributed by atoms with Crippen LogP contribution in [0.1, 0.15) is 21.6 Å². The van der Waals surface area contributed by atoms with E-state index in [-0.39, 0.29) is 5.95 Å². The Hall–Kier alpha value is -2.47. The number of amides is 1. The second-order valence-electron chi connectivity index (χ2n) is 4.23. The summed E-state index contributed by atoms with van der Waals surface area (Å²) in [6, 6.07) is 7.64. The van der Waals surface area contributed by atoms with Gasteiger partial charge in [0.25, 0.3) is 5.91 Å². The van der Waals surface area contributed by atoms with E-state index in [4.69, 9.17) is 11.6 Å². The number of benzene rings is 1. The zero-order valence-electron chi connectivity index (χ0n) is 10.8. The first kappa shape index (κ1) is 13.0. The summed E-state index contributed by atoms with van der Waals surface area (Å²) in [4.78, 5) is 20.0. The molecule has 0 aliphatic carbocycles. The van der Waals surface area contributed by atoms with Gasteiger partial charge in [0.05, 0.1) is 17.0 Å². The fourth-order valence-corrected chi connectivity index (χ4v) is 1.94. The molecule has 0 spiro atoms. The molecule has 98 valence electrons. The predicted octanol–water partition coefficient (Wildman–Crippen LogP) is 0.946. The van der Waals surface area contributed by atoms with Crippen LogP contribution in [0.2, 0.25) is 0 Å². The van der Waals surface area contributed by atoms with Crippen molar-refractivity contribution in [2.75, 3.05) is 5.73 Å². The lowest BCUT2D eigenvalue weighted by Gasteiger charge is -2.11. The maximum atomic E-state index is 11.9. The Bertz CT molecular complexity index is 639. The van der Waals surface area contributed by atoms with Crippen LogP contribution in [0.25, 0.3) is 11.3 Å². The molecule has 0 aliphatic heterocycles. The Kier molecular flexibility index (Phi) is 3.43. The van der Waals surface area contributed by atoms with E-state index in [9.17, 15) is 4.79 Å². The monoisotopic (exact) mass is 257 g/mol. The van der Waals surface area contributed by atoms with Gasteiger partial charge in [-0.1, -0.05) is 23.8 Å². The molecule has 0 atom stereocenters. The zero-order chi connectivity index (χ0) is 14.0. The van der Waals surface area contributed by atoms with Crippen molar-refractivity contribution in [2.24, 2.45) is 5.84 Å². The van der Waals surface area contributed by atoms with Gasteiger partial charge in [-0.3, -0.25) is 10.2 Å². The molecule has 0 saturated carbocycles. The zero-order valence-corrected chi connectivity index (χ0v) is 10.8. The van der Waals surface area contributed by atoms with Gasteiger partial charge in [0.2, 0.25) is 5.95 Å². The van der Waals surface area contributed by atoms with E-state index in [2.05, 4.69) is 15.4 Å². The summed E-state index contributed by atoms with van der Waals surface area (Å²) in [5, 5.41) is 0. The van der Waals surface area contributed by atoms with E-state index in [0.717, 1.165) is 11.1 Å². The molecule has 0 unspecified atom stereocenters. The highest BCUT2D eigenvalue weighted by Crippen LogP contribution is 2.24. The highest BCUT2D eigenvalue weighted by atomic mass is 16.2. The van der Waals surface area contributed by atoms with Crippen molar-refractivity contribution < 1.29 is 4.79 Å². The molecular weight excluding hydrogens is 242 g/mol. The van der Waals surface area contributed by atoms with E-state index in [1.54, 1.807) is 6.92 Å². The summed E-state index contributed by atoms with van der Waals surface area (Å²) in [6.07, 6.45) is 0. The largest absolute Gasteiger partial charge is 0.368 e. The summed E-state index contributed by atoms with van der Waals surface area (Å²) in [6.45, 7) is 3.66. The highest BCUT2D eigenvalue weighted by molar-refractivity contribution is 6.00. The smallest absolute Gasteiger partial charge is 0.269 e. The lowest BCUT2D eigenvalue weighted by Crippen LogP contribution is -2.31. The maximum Gasteiger partial charge on any atom is 0.269 e. The summed E-state index contributed by atoms with van der Waals surface area (Å²) in [5.74, 6) is 4.89. The number of nitrogen functional groups attached to an aromatic ring is 2. The van der Waals surface area contributed by atoms with Crippen LogP contribution in [0.5, 0.6) is 0 Å². The summed E-state index contributed by atoms with van der Waals surface area (Å²) in [7, 11) is 0. The molecule has 2 aromatic rings. The van der Waals surface area contributed by atoms with Crippen molar-refractivity contribution in [3.8, 4) is 11.3 Å². The van der Waals surface area contributed by atoms with E-state index in [1.807, 2.05) is 31.2 Å². The molecule has 6 heteroatoms. The first-order valence-electron chi connectivity index (χ1n) is 5.75. The van der Waals surface area contributed by atoms with Gasteiger partial charge in [-0.05, 0) is 19.9 Å². The van der Waals surface area contributed by atoms with Gasteiger partial charge in [0.15, 0.2) is 0 Å². The quantitative estimate of drug-likeness (QED) is 0.422. The Morgan fingerprint density at radius 2 is 2.00 bits per heavy atom. The minimum atomic E-state index is -0.436. The number of nitrogens with two attached hydrogens (primary N) is 2. The minimum absolute atomic E-state index is 0.127. The molecule has 1 amide bonds. The van der Waals surface area contributed by atoms with Crippen LogP contribution >= 0.6 is 0 Å². The van der Waals surface area contributed by atoms with E-state index in [1.165, 1.54) is 0 Å². The first-order valence-corrected chi connectivity index (χ1v) is 5.75. The van der Waals surface area contributed by atoms with Crippen LogP contribution in [0, 0.1) is 13.8 Å². The lowest BCUT2D eigenvalue weighted by atomic mass is 10.0.